The second-order valence-corrected chi connectivity index (χ2v) is 7.91. The summed E-state index contributed by atoms with van der Waals surface area (Å²) in [4.78, 5) is 6.36. The number of nitrogens with zero attached hydrogens (tertiary/aromatic N) is 3. The first-order chi connectivity index (χ1) is 12.1. The minimum Gasteiger partial charge on any atom is -0.493 e. The molecule has 2 aliphatic rings. The molecule has 0 bridgehead atoms. The first-order valence-electron chi connectivity index (χ1n) is 8.36. The Bertz CT molecular complexity index is 897. The Morgan fingerprint density at radius 3 is 2.80 bits per heavy atom. The number of hydrogen-bond acceptors (Lipinski definition) is 5. The van der Waals surface area contributed by atoms with Crippen molar-refractivity contribution < 1.29 is 13.2 Å². The van der Waals surface area contributed by atoms with E-state index >= 15 is 0 Å². The number of sulfonamides is 1. The monoisotopic (exact) mass is 357 g/mol. The maximum absolute atomic E-state index is 12.3. The largest absolute Gasteiger partial charge is 0.493 e. The van der Waals surface area contributed by atoms with Gasteiger partial charge in [0.15, 0.2) is 5.84 Å². The van der Waals surface area contributed by atoms with Crippen molar-refractivity contribution >= 4 is 15.9 Å². The van der Waals surface area contributed by atoms with Crippen molar-refractivity contribution in [3.05, 3.63) is 54.4 Å². The fourth-order valence-electron chi connectivity index (χ4n) is 3.36. The number of likely N-dealkylation sites (tertiary alicyclic amines) is 1. The van der Waals surface area contributed by atoms with E-state index in [-0.39, 0.29) is 0 Å². The van der Waals surface area contributed by atoms with Gasteiger partial charge in [-0.1, -0.05) is 12.1 Å². The lowest BCUT2D eigenvalue weighted by molar-refractivity contribution is 0.175. The van der Waals surface area contributed by atoms with Gasteiger partial charge in [-0.3, -0.25) is 4.98 Å². The van der Waals surface area contributed by atoms with Crippen molar-refractivity contribution in [1.29, 1.82) is 0 Å². The smallest absolute Gasteiger partial charge is 0.285 e. The second-order valence-electron chi connectivity index (χ2n) is 6.33. The molecule has 0 amide bonds. The van der Waals surface area contributed by atoms with Crippen molar-refractivity contribution in [2.45, 2.75) is 17.7 Å². The van der Waals surface area contributed by atoms with Crippen molar-refractivity contribution in [1.82, 2.24) is 9.88 Å². The lowest BCUT2D eigenvalue weighted by Gasteiger charge is -2.34. The van der Waals surface area contributed by atoms with Crippen molar-refractivity contribution in [2.75, 3.05) is 19.7 Å². The molecule has 2 aromatic rings. The number of ether oxygens (including phenoxy) is 1. The molecule has 6 nitrogen and oxygen atoms in total. The summed E-state index contributed by atoms with van der Waals surface area (Å²) in [6, 6.07) is 10.7. The lowest BCUT2D eigenvalue weighted by Crippen LogP contribution is -2.41. The summed E-state index contributed by atoms with van der Waals surface area (Å²) in [5.41, 5.74) is 0.707. The Kier molecular flexibility index (Phi) is 4.17. The second kappa shape index (κ2) is 6.48. The van der Waals surface area contributed by atoms with Crippen LogP contribution < -0.4 is 4.74 Å². The highest BCUT2D eigenvalue weighted by molar-refractivity contribution is 7.90. The number of aromatic nitrogens is 1. The molecule has 0 aliphatic carbocycles. The average Bonchev–Trinajstić information content (AvgIpc) is 2.93. The van der Waals surface area contributed by atoms with E-state index in [0.29, 0.717) is 28.8 Å². The molecule has 1 unspecified atom stereocenters. The van der Waals surface area contributed by atoms with Crippen molar-refractivity contribution in [2.24, 2.45) is 10.3 Å². The molecule has 3 heterocycles. The first kappa shape index (κ1) is 16.1. The van der Waals surface area contributed by atoms with Crippen LogP contribution in [0, 0.1) is 5.92 Å². The zero-order valence-electron chi connectivity index (χ0n) is 13.7. The number of amidine groups is 1. The van der Waals surface area contributed by atoms with E-state index in [0.717, 1.165) is 31.7 Å². The van der Waals surface area contributed by atoms with E-state index in [1.54, 1.807) is 24.5 Å². The van der Waals surface area contributed by atoms with E-state index in [9.17, 15) is 8.42 Å². The first-order valence-corrected chi connectivity index (χ1v) is 9.80. The molecular weight excluding hydrogens is 338 g/mol. The third-order valence-electron chi connectivity index (χ3n) is 4.57. The summed E-state index contributed by atoms with van der Waals surface area (Å²) in [7, 11) is -3.57. The maximum atomic E-state index is 12.3. The van der Waals surface area contributed by atoms with Crippen LogP contribution >= 0.6 is 0 Å². The standard InChI is InChI=1S/C18H19N3O3S/c22-25(23)17-6-2-1-5-16(17)18(20-25)21-11-3-4-14(12-21)13-24-15-7-9-19-10-8-15/h1-2,5-10,14H,3-4,11-13H2. The van der Waals surface area contributed by atoms with Crippen LogP contribution in [0.2, 0.25) is 0 Å². The third kappa shape index (κ3) is 3.24. The van der Waals surface area contributed by atoms with Crippen LogP contribution in [0.25, 0.3) is 0 Å². The number of piperidine rings is 1. The number of pyridine rings is 1. The van der Waals surface area contributed by atoms with Gasteiger partial charge < -0.3 is 9.64 Å². The highest BCUT2D eigenvalue weighted by Gasteiger charge is 2.33. The number of hydrogen-bond donors (Lipinski definition) is 0. The Labute approximate surface area is 147 Å². The van der Waals surface area contributed by atoms with E-state index in [1.807, 2.05) is 24.3 Å². The maximum Gasteiger partial charge on any atom is 0.285 e. The summed E-state index contributed by atoms with van der Waals surface area (Å²) >= 11 is 0. The Morgan fingerprint density at radius 1 is 1.16 bits per heavy atom. The van der Waals surface area contributed by atoms with Gasteiger partial charge in [0.1, 0.15) is 10.6 Å². The summed E-state index contributed by atoms with van der Waals surface area (Å²) in [5, 5.41) is 0. The minimum absolute atomic E-state index is 0.306. The molecule has 1 fully saturated rings. The van der Waals surface area contributed by atoms with Gasteiger partial charge in [-0.05, 0) is 37.1 Å². The molecule has 0 radical (unpaired) electrons. The normalized spacial score (nSPS) is 21.5. The number of rotatable bonds is 3. The molecular formula is C18H19N3O3S. The van der Waals surface area contributed by atoms with Gasteiger partial charge >= 0.3 is 0 Å². The summed E-state index contributed by atoms with van der Waals surface area (Å²) in [6.07, 6.45) is 5.46. The molecule has 1 aromatic carbocycles. The van der Waals surface area contributed by atoms with Crippen LogP contribution in [0.1, 0.15) is 18.4 Å². The van der Waals surface area contributed by atoms with Gasteiger partial charge in [0.05, 0.1) is 6.61 Å². The summed E-state index contributed by atoms with van der Waals surface area (Å²) < 4.78 is 34.4. The van der Waals surface area contributed by atoms with E-state index in [4.69, 9.17) is 4.74 Å². The summed E-state index contributed by atoms with van der Waals surface area (Å²) in [5.74, 6) is 1.71. The molecule has 1 saturated heterocycles. The molecule has 2 aliphatic heterocycles. The minimum atomic E-state index is -3.57. The molecule has 0 saturated carbocycles. The third-order valence-corrected chi connectivity index (χ3v) is 5.89. The quantitative estimate of drug-likeness (QED) is 0.843. The zero-order chi connectivity index (χ0) is 17.3. The Morgan fingerprint density at radius 2 is 1.96 bits per heavy atom. The van der Waals surface area contributed by atoms with Crippen LogP contribution in [0.3, 0.4) is 0 Å². The van der Waals surface area contributed by atoms with E-state index in [1.165, 1.54) is 0 Å². The molecule has 4 rings (SSSR count). The zero-order valence-corrected chi connectivity index (χ0v) is 14.5. The highest BCUT2D eigenvalue weighted by atomic mass is 32.2. The SMILES string of the molecule is O=S1(=O)N=C(N2CCCC(COc3ccncc3)C2)c2ccccc21. The molecule has 7 heteroatoms. The van der Waals surface area contributed by atoms with Crippen LogP contribution in [-0.2, 0) is 10.0 Å². The van der Waals surface area contributed by atoms with Gasteiger partial charge in [-0.15, -0.1) is 4.40 Å². The Balaban J connectivity index is 1.49. The predicted octanol–water partition coefficient (Wildman–Crippen LogP) is 2.32. The number of benzene rings is 1. The van der Waals surface area contributed by atoms with Crippen LogP contribution in [-0.4, -0.2) is 43.8 Å². The van der Waals surface area contributed by atoms with Gasteiger partial charge in [0.2, 0.25) is 0 Å². The predicted molar refractivity (Wildman–Crippen MR) is 94.2 cm³/mol. The van der Waals surface area contributed by atoms with E-state index in [2.05, 4.69) is 14.3 Å². The van der Waals surface area contributed by atoms with Gasteiger partial charge in [-0.2, -0.15) is 8.42 Å². The van der Waals surface area contributed by atoms with E-state index < -0.39 is 10.0 Å². The topological polar surface area (TPSA) is 71.9 Å². The van der Waals surface area contributed by atoms with Crippen LogP contribution in [0.5, 0.6) is 5.75 Å². The molecule has 0 spiro atoms. The fourth-order valence-corrected chi connectivity index (χ4v) is 4.59. The van der Waals surface area contributed by atoms with Crippen LogP contribution in [0.15, 0.2) is 58.1 Å². The molecule has 1 atom stereocenters. The van der Waals surface area contributed by atoms with Crippen molar-refractivity contribution in [3.63, 3.8) is 0 Å². The average molecular weight is 357 g/mol. The van der Waals surface area contributed by atoms with Gasteiger partial charge in [0.25, 0.3) is 10.0 Å². The Hall–Kier alpha value is -2.41. The highest BCUT2D eigenvalue weighted by Crippen LogP contribution is 2.29. The van der Waals surface area contributed by atoms with Gasteiger partial charge in [-0.25, -0.2) is 0 Å². The molecule has 25 heavy (non-hydrogen) atoms. The van der Waals surface area contributed by atoms with Gasteiger partial charge in [0, 0.05) is 37.0 Å². The molecule has 130 valence electrons. The van der Waals surface area contributed by atoms with Crippen LogP contribution in [0.4, 0.5) is 0 Å². The lowest BCUT2D eigenvalue weighted by atomic mass is 9.98. The molecule has 1 aromatic heterocycles. The summed E-state index contributed by atoms with van der Waals surface area (Å²) in [6.45, 7) is 2.16. The van der Waals surface area contributed by atoms with Crippen molar-refractivity contribution in [3.8, 4) is 5.75 Å². The number of fused-ring (bicyclic) bond motifs is 1. The molecule has 0 N–H and O–H groups in total. The fraction of sp³-hybridized carbons (Fsp3) is 0.333.